The van der Waals surface area contributed by atoms with E-state index in [2.05, 4.69) is 76.6 Å². The lowest BCUT2D eigenvalue weighted by atomic mass is 10.0. The minimum Gasteiger partial charge on any atom is -0.0843 e. The number of allylic oxidation sites excluding steroid dienone is 2. The number of halogens is 3. The molecule has 0 fully saturated rings. The van der Waals surface area contributed by atoms with Crippen LogP contribution in [0.15, 0.2) is 108 Å². The molecule has 164 valence electrons. The van der Waals surface area contributed by atoms with Crippen LogP contribution in [0.1, 0.15) is 27.8 Å². The molecule has 6 rings (SSSR count). The van der Waals surface area contributed by atoms with Gasteiger partial charge in [-0.25, -0.2) is 0 Å². The molecule has 0 atom stereocenters. The first-order chi connectivity index (χ1) is 16.1. The highest BCUT2D eigenvalue weighted by Gasteiger charge is 2.13. The lowest BCUT2D eigenvalue weighted by Gasteiger charge is -2.01. The molecule has 33 heavy (non-hydrogen) atoms. The second kappa shape index (κ2) is 11.5. The molecule has 0 bridgehead atoms. The van der Waals surface area contributed by atoms with Gasteiger partial charge >= 0.3 is 0 Å². The fourth-order valence-electron chi connectivity index (χ4n) is 3.79. The number of benzene rings is 4. The lowest BCUT2D eigenvalue weighted by molar-refractivity contribution is 1.31. The van der Waals surface area contributed by atoms with Gasteiger partial charge in [0, 0.05) is 14.5 Å². The molecule has 2 aliphatic rings. The number of hydrogen-bond donors (Lipinski definition) is 0. The summed E-state index contributed by atoms with van der Waals surface area (Å²) in [6.45, 7) is 0. The monoisotopic (exact) mass is 532 g/mol. The minimum atomic E-state index is 0.821. The second-order valence-electron chi connectivity index (χ2n) is 7.80. The van der Waals surface area contributed by atoms with Gasteiger partial charge in [-0.3, -0.25) is 0 Å². The zero-order valence-corrected chi connectivity index (χ0v) is 21.1. The molecule has 0 N–H and O–H groups in total. The molecule has 0 saturated carbocycles. The lowest BCUT2D eigenvalue weighted by Crippen LogP contribution is -1.84. The maximum absolute atomic E-state index is 5.99. The van der Waals surface area contributed by atoms with Crippen LogP contribution in [0.25, 0.3) is 17.7 Å². The highest BCUT2D eigenvalue weighted by atomic mass is 79.9. The zero-order valence-electron chi connectivity index (χ0n) is 18.0. The summed E-state index contributed by atoms with van der Waals surface area (Å²) in [5.41, 5.74) is 7.94. The van der Waals surface area contributed by atoms with Crippen LogP contribution < -0.4 is 0 Å². The van der Waals surface area contributed by atoms with Gasteiger partial charge in [-0.1, -0.05) is 118 Å². The standard InChI is InChI=1S/C15H11Cl.C9H7Cl.C6H5Br/c16-15-7-6-12-8-13(9-14(12)10-15)11-4-2-1-3-5-11;10-9-5-4-7-2-1-3-8(7)6-9;7-6-4-2-1-3-5-6/h1-8,10H,9H2;1-2,4-6H,3H2;1-5H. The van der Waals surface area contributed by atoms with E-state index in [0.717, 1.165) is 27.4 Å². The molecule has 0 aliphatic heterocycles. The maximum Gasteiger partial charge on any atom is 0.0409 e. The van der Waals surface area contributed by atoms with Gasteiger partial charge in [0.05, 0.1) is 0 Å². The van der Waals surface area contributed by atoms with Gasteiger partial charge in [-0.05, 0) is 82.6 Å². The Labute approximate surface area is 214 Å². The molecule has 0 saturated heterocycles. The van der Waals surface area contributed by atoms with E-state index in [1.54, 1.807) is 0 Å². The van der Waals surface area contributed by atoms with E-state index in [-0.39, 0.29) is 0 Å². The van der Waals surface area contributed by atoms with Crippen LogP contribution >= 0.6 is 39.1 Å². The molecule has 0 unspecified atom stereocenters. The zero-order chi connectivity index (χ0) is 23.0. The summed E-state index contributed by atoms with van der Waals surface area (Å²) >= 11 is 15.1. The molecule has 4 aromatic rings. The number of hydrogen-bond acceptors (Lipinski definition) is 0. The molecule has 0 heterocycles. The van der Waals surface area contributed by atoms with Crippen molar-refractivity contribution in [2.75, 3.05) is 0 Å². The third kappa shape index (κ3) is 6.71. The average Bonchev–Trinajstić information content (AvgIpc) is 3.47. The Hall–Kier alpha value is -2.58. The molecule has 2 aliphatic carbocycles. The van der Waals surface area contributed by atoms with E-state index >= 15 is 0 Å². The Morgan fingerprint density at radius 1 is 0.636 bits per heavy atom. The Kier molecular flexibility index (Phi) is 8.23. The van der Waals surface area contributed by atoms with Crippen LogP contribution in [-0.2, 0) is 12.8 Å². The number of fused-ring (bicyclic) bond motifs is 2. The van der Waals surface area contributed by atoms with Gasteiger partial charge in [0.15, 0.2) is 0 Å². The minimum absolute atomic E-state index is 0.821. The quantitative estimate of drug-likeness (QED) is 0.228. The van der Waals surface area contributed by atoms with Crippen molar-refractivity contribution >= 4 is 56.9 Å². The van der Waals surface area contributed by atoms with Crippen LogP contribution in [0.3, 0.4) is 0 Å². The molecule has 0 amide bonds. The van der Waals surface area contributed by atoms with Crippen LogP contribution in [0.2, 0.25) is 10.0 Å². The van der Waals surface area contributed by atoms with Crippen molar-refractivity contribution in [3.63, 3.8) is 0 Å². The predicted molar refractivity (Wildman–Crippen MR) is 148 cm³/mol. The predicted octanol–water partition coefficient (Wildman–Crippen LogP) is 9.80. The normalized spacial score (nSPS) is 12.5. The summed E-state index contributed by atoms with van der Waals surface area (Å²) in [7, 11) is 0. The van der Waals surface area contributed by atoms with Crippen LogP contribution in [0.5, 0.6) is 0 Å². The van der Waals surface area contributed by atoms with Gasteiger partial charge in [0.1, 0.15) is 0 Å². The van der Waals surface area contributed by atoms with Crippen molar-refractivity contribution in [2.45, 2.75) is 12.8 Å². The molecular weight excluding hydrogens is 511 g/mol. The Morgan fingerprint density at radius 2 is 1.24 bits per heavy atom. The molecular formula is C30H23BrCl2. The Morgan fingerprint density at radius 3 is 1.88 bits per heavy atom. The summed E-state index contributed by atoms with van der Waals surface area (Å²) in [4.78, 5) is 0. The van der Waals surface area contributed by atoms with Crippen molar-refractivity contribution in [3.8, 4) is 0 Å². The van der Waals surface area contributed by atoms with Crippen molar-refractivity contribution < 1.29 is 0 Å². The van der Waals surface area contributed by atoms with E-state index < -0.39 is 0 Å². The van der Waals surface area contributed by atoms with Gasteiger partial charge in [-0.2, -0.15) is 0 Å². The van der Waals surface area contributed by atoms with E-state index in [4.69, 9.17) is 23.2 Å². The summed E-state index contributed by atoms with van der Waals surface area (Å²) in [5.74, 6) is 0. The largest absolute Gasteiger partial charge is 0.0843 e. The highest BCUT2D eigenvalue weighted by molar-refractivity contribution is 9.10. The summed E-state index contributed by atoms with van der Waals surface area (Å²) in [6.07, 6.45) is 8.56. The average molecular weight is 534 g/mol. The summed E-state index contributed by atoms with van der Waals surface area (Å²) in [6, 6.07) is 32.6. The van der Waals surface area contributed by atoms with E-state index in [0.29, 0.717) is 0 Å². The first kappa shape index (κ1) is 23.6. The third-order valence-electron chi connectivity index (χ3n) is 5.43. The second-order valence-corrected chi connectivity index (χ2v) is 9.59. The topological polar surface area (TPSA) is 0 Å². The van der Waals surface area contributed by atoms with E-state index in [1.165, 1.54) is 33.4 Å². The van der Waals surface area contributed by atoms with E-state index in [1.807, 2.05) is 54.6 Å². The van der Waals surface area contributed by atoms with Crippen LogP contribution in [0, 0.1) is 0 Å². The van der Waals surface area contributed by atoms with Crippen LogP contribution in [0.4, 0.5) is 0 Å². The summed E-state index contributed by atoms with van der Waals surface area (Å²) < 4.78 is 1.13. The molecule has 0 spiro atoms. The first-order valence-corrected chi connectivity index (χ1v) is 12.3. The smallest absolute Gasteiger partial charge is 0.0409 e. The van der Waals surface area contributed by atoms with E-state index in [9.17, 15) is 0 Å². The molecule has 4 aromatic carbocycles. The fourth-order valence-corrected chi connectivity index (χ4v) is 4.49. The highest BCUT2D eigenvalue weighted by Crippen LogP contribution is 2.32. The van der Waals surface area contributed by atoms with Crippen molar-refractivity contribution in [2.24, 2.45) is 0 Å². The van der Waals surface area contributed by atoms with Gasteiger partial charge in [0.2, 0.25) is 0 Å². The molecule has 3 heteroatoms. The van der Waals surface area contributed by atoms with Crippen molar-refractivity contribution in [3.05, 3.63) is 145 Å². The van der Waals surface area contributed by atoms with Crippen molar-refractivity contribution in [1.82, 2.24) is 0 Å². The third-order valence-corrected chi connectivity index (χ3v) is 6.43. The first-order valence-electron chi connectivity index (χ1n) is 10.8. The Bertz CT molecular complexity index is 1280. The van der Waals surface area contributed by atoms with Crippen LogP contribution in [-0.4, -0.2) is 0 Å². The SMILES string of the molecule is Brc1ccccc1.Clc1ccc2c(c1)CC(c1ccccc1)=C2.Clc1ccc2c(c1)CC=C2. The maximum atomic E-state index is 5.99. The van der Waals surface area contributed by atoms with Gasteiger partial charge < -0.3 is 0 Å². The molecule has 0 nitrogen and oxygen atoms in total. The van der Waals surface area contributed by atoms with Gasteiger partial charge in [0.25, 0.3) is 0 Å². The summed E-state index contributed by atoms with van der Waals surface area (Å²) in [5, 5.41) is 1.66. The fraction of sp³-hybridized carbons (Fsp3) is 0.0667. The van der Waals surface area contributed by atoms with Gasteiger partial charge in [-0.15, -0.1) is 0 Å². The molecule has 0 radical (unpaired) electrons. The number of rotatable bonds is 1. The van der Waals surface area contributed by atoms with Crippen molar-refractivity contribution in [1.29, 1.82) is 0 Å². The molecule has 0 aromatic heterocycles. The Balaban J connectivity index is 0.000000130.